The van der Waals surface area contributed by atoms with Crippen LogP contribution in [0.2, 0.25) is 5.02 Å². The van der Waals surface area contributed by atoms with Gasteiger partial charge in [0.15, 0.2) is 0 Å². The first-order chi connectivity index (χ1) is 13.4. The van der Waals surface area contributed by atoms with Crippen LogP contribution in [0.4, 0.5) is 29.3 Å². The number of rotatable bonds is 5. The van der Waals surface area contributed by atoms with Crippen LogP contribution in [0, 0.1) is 6.92 Å². The Labute approximate surface area is 170 Å². The second-order valence-electron chi connectivity index (χ2n) is 5.87. The Morgan fingerprint density at radius 3 is 2.31 bits per heavy atom. The number of sulfonamides is 1. The second kappa shape index (κ2) is 8.70. The summed E-state index contributed by atoms with van der Waals surface area (Å²) in [5.41, 5.74) is -2.23. The lowest BCUT2D eigenvalue weighted by molar-refractivity contribution is -0.0429. The van der Waals surface area contributed by atoms with Crippen LogP contribution in [0.3, 0.4) is 0 Å². The van der Waals surface area contributed by atoms with Gasteiger partial charge in [0, 0.05) is 16.3 Å². The van der Waals surface area contributed by atoms with Gasteiger partial charge in [-0.2, -0.15) is 26.7 Å². The molecule has 7 nitrogen and oxygen atoms in total. The predicted octanol–water partition coefficient (Wildman–Crippen LogP) is 4.46. The Morgan fingerprint density at radius 1 is 1.10 bits per heavy atom. The molecule has 0 saturated heterocycles. The molecule has 0 saturated carbocycles. The molecule has 29 heavy (non-hydrogen) atoms. The van der Waals surface area contributed by atoms with Crippen molar-refractivity contribution in [3.8, 4) is 0 Å². The summed E-state index contributed by atoms with van der Waals surface area (Å²) in [7, 11) is -5.64. The van der Waals surface area contributed by atoms with Gasteiger partial charge < -0.3 is 5.32 Å². The van der Waals surface area contributed by atoms with Gasteiger partial charge in [0.1, 0.15) is 0 Å². The SMILES string of the molecule is C/C(=N\NC(=O)Nc1ccc(C)cc1)c1cc(Cl)ccc1NS(=O)(=O)C(F)(F)F. The Hall–Kier alpha value is -2.79. The highest BCUT2D eigenvalue weighted by Gasteiger charge is 2.46. The van der Waals surface area contributed by atoms with Gasteiger partial charge in [-0.15, -0.1) is 0 Å². The lowest BCUT2D eigenvalue weighted by Gasteiger charge is -2.14. The van der Waals surface area contributed by atoms with Crippen LogP contribution in [-0.4, -0.2) is 25.7 Å². The molecule has 0 atom stereocenters. The van der Waals surface area contributed by atoms with E-state index in [4.69, 9.17) is 11.6 Å². The van der Waals surface area contributed by atoms with Crippen LogP contribution in [-0.2, 0) is 10.0 Å². The number of carbonyl (C=O) groups excluding carboxylic acids is 1. The summed E-state index contributed by atoms with van der Waals surface area (Å²) in [6.45, 7) is 3.25. The van der Waals surface area contributed by atoms with E-state index in [0.29, 0.717) is 5.69 Å². The maximum atomic E-state index is 12.6. The third-order valence-corrected chi connectivity index (χ3v) is 4.89. The van der Waals surface area contributed by atoms with Crippen molar-refractivity contribution in [1.29, 1.82) is 0 Å². The van der Waals surface area contributed by atoms with Crippen molar-refractivity contribution in [2.24, 2.45) is 5.10 Å². The summed E-state index contributed by atoms with van der Waals surface area (Å²) in [6.07, 6.45) is 0. The molecule has 0 aliphatic heterocycles. The fraction of sp³-hybridized carbons (Fsp3) is 0.176. The number of alkyl halides is 3. The standard InChI is InChI=1S/C17H16ClF3N4O3S/c1-10-3-6-13(7-4-10)22-16(26)24-23-11(2)14-9-12(18)5-8-15(14)25-29(27,28)17(19,20)21/h3-9,25H,1-2H3,(H2,22,24,26)/b23-11+. The van der Waals surface area contributed by atoms with E-state index in [1.807, 2.05) is 6.92 Å². The molecule has 0 radical (unpaired) electrons. The molecule has 0 unspecified atom stereocenters. The number of urea groups is 1. The normalized spacial score (nSPS) is 12.4. The van der Waals surface area contributed by atoms with E-state index in [1.165, 1.54) is 23.8 Å². The quantitative estimate of drug-likeness (QED) is 0.465. The number of hydrazone groups is 1. The molecule has 2 aromatic rings. The van der Waals surface area contributed by atoms with Gasteiger partial charge in [-0.1, -0.05) is 29.3 Å². The molecule has 0 aliphatic rings. The van der Waals surface area contributed by atoms with Crippen LogP contribution < -0.4 is 15.5 Å². The first-order valence-corrected chi connectivity index (χ1v) is 9.82. The summed E-state index contributed by atoms with van der Waals surface area (Å²) in [5.74, 6) is 0. The first-order valence-electron chi connectivity index (χ1n) is 7.96. The van der Waals surface area contributed by atoms with E-state index in [2.05, 4.69) is 15.8 Å². The van der Waals surface area contributed by atoms with E-state index >= 15 is 0 Å². The number of aryl methyl sites for hydroxylation is 1. The summed E-state index contributed by atoms with van der Waals surface area (Å²) < 4.78 is 62.2. The van der Waals surface area contributed by atoms with Crippen molar-refractivity contribution >= 4 is 44.7 Å². The molecule has 0 heterocycles. The maximum absolute atomic E-state index is 12.6. The molecule has 0 aromatic heterocycles. The van der Waals surface area contributed by atoms with Crippen molar-refractivity contribution < 1.29 is 26.4 Å². The average Bonchev–Trinajstić information content (AvgIpc) is 2.62. The minimum atomic E-state index is -5.64. The van der Waals surface area contributed by atoms with Crippen molar-refractivity contribution in [2.45, 2.75) is 19.4 Å². The Morgan fingerprint density at radius 2 is 1.72 bits per heavy atom. The van der Waals surface area contributed by atoms with Crippen LogP contribution in [0.5, 0.6) is 0 Å². The molecule has 12 heteroatoms. The number of benzene rings is 2. The summed E-state index contributed by atoms with van der Waals surface area (Å²) in [5, 5.41) is 6.43. The van der Waals surface area contributed by atoms with Crippen LogP contribution in [0.1, 0.15) is 18.1 Å². The van der Waals surface area contributed by atoms with E-state index in [-0.39, 0.29) is 16.3 Å². The molecule has 2 aromatic carbocycles. The zero-order valence-corrected chi connectivity index (χ0v) is 16.7. The lowest BCUT2D eigenvalue weighted by atomic mass is 10.1. The Bertz CT molecular complexity index is 1040. The molecular formula is C17H16ClF3N4O3S. The molecular weight excluding hydrogens is 433 g/mol. The molecule has 2 rings (SSSR count). The maximum Gasteiger partial charge on any atom is 0.516 e. The Kier molecular flexibility index (Phi) is 6.75. The van der Waals surface area contributed by atoms with Crippen LogP contribution in [0.25, 0.3) is 0 Å². The minimum Gasteiger partial charge on any atom is -0.307 e. The van der Waals surface area contributed by atoms with Gasteiger partial charge in [-0.3, -0.25) is 4.72 Å². The number of nitrogens with one attached hydrogen (secondary N) is 3. The van der Waals surface area contributed by atoms with E-state index in [0.717, 1.165) is 11.6 Å². The van der Waals surface area contributed by atoms with Crippen molar-refractivity contribution in [2.75, 3.05) is 10.0 Å². The molecule has 0 aliphatic carbocycles. The van der Waals surface area contributed by atoms with Gasteiger partial charge in [-0.05, 0) is 44.2 Å². The number of hydrogen-bond acceptors (Lipinski definition) is 4. The lowest BCUT2D eigenvalue weighted by Crippen LogP contribution is -2.30. The fourth-order valence-electron chi connectivity index (χ4n) is 2.10. The zero-order chi connectivity index (χ0) is 21.8. The highest BCUT2D eigenvalue weighted by molar-refractivity contribution is 7.93. The van der Waals surface area contributed by atoms with Gasteiger partial charge in [0.2, 0.25) is 0 Å². The van der Waals surface area contributed by atoms with Crippen molar-refractivity contribution in [3.63, 3.8) is 0 Å². The highest BCUT2D eigenvalue weighted by atomic mass is 35.5. The Balaban J connectivity index is 2.20. The molecule has 2 amide bonds. The van der Waals surface area contributed by atoms with Gasteiger partial charge in [-0.25, -0.2) is 10.2 Å². The number of anilines is 2. The van der Waals surface area contributed by atoms with E-state index in [9.17, 15) is 26.4 Å². The molecule has 0 fully saturated rings. The van der Waals surface area contributed by atoms with Crippen LogP contribution >= 0.6 is 11.6 Å². The number of hydrogen-bond donors (Lipinski definition) is 3. The minimum absolute atomic E-state index is 0.0198. The smallest absolute Gasteiger partial charge is 0.307 e. The molecule has 3 N–H and O–H groups in total. The van der Waals surface area contributed by atoms with Gasteiger partial charge in [0.05, 0.1) is 11.4 Å². The zero-order valence-electron chi connectivity index (χ0n) is 15.1. The summed E-state index contributed by atoms with van der Waals surface area (Å²) in [6, 6.07) is 9.71. The van der Waals surface area contributed by atoms with E-state index in [1.54, 1.807) is 24.3 Å². The first kappa shape index (κ1) is 22.5. The highest BCUT2D eigenvalue weighted by Crippen LogP contribution is 2.28. The van der Waals surface area contributed by atoms with E-state index < -0.39 is 27.3 Å². The number of amides is 2. The van der Waals surface area contributed by atoms with Crippen molar-refractivity contribution in [1.82, 2.24) is 5.43 Å². The second-order valence-corrected chi connectivity index (χ2v) is 7.98. The van der Waals surface area contributed by atoms with Gasteiger partial charge in [0.25, 0.3) is 0 Å². The molecule has 156 valence electrons. The number of halogens is 4. The number of carbonyl (C=O) groups is 1. The molecule has 0 bridgehead atoms. The third-order valence-electron chi connectivity index (χ3n) is 3.56. The van der Waals surface area contributed by atoms with Gasteiger partial charge >= 0.3 is 21.6 Å². The summed E-state index contributed by atoms with van der Waals surface area (Å²) >= 11 is 5.85. The molecule has 0 spiro atoms. The fourth-order valence-corrected chi connectivity index (χ4v) is 2.85. The topological polar surface area (TPSA) is 99.7 Å². The average molecular weight is 449 g/mol. The summed E-state index contributed by atoms with van der Waals surface area (Å²) in [4.78, 5) is 11.9. The monoisotopic (exact) mass is 448 g/mol. The van der Waals surface area contributed by atoms with Crippen LogP contribution in [0.15, 0.2) is 47.6 Å². The third kappa shape index (κ3) is 6.09. The largest absolute Gasteiger partial charge is 0.516 e. The number of nitrogens with zero attached hydrogens (tertiary/aromatic N) is 1. The predicted molar refractivity (Wildman–Crippen MR) is 106 cm³/mol. The van der Waals surface area contributed by atoms with Crippen molar-refractivity contribution in [3.05, 3.63) is 58.6 Å².